The molecule has 0 saturated carbocycles. The maximum atomic E-state index is 11.2. The van der Waals surface area contributed by atoms with Crippen LogP contribution in [-0.2, 0) is 6.54 Å². The van der Waals surface area contributed by atoms with E-state index < -0.39 is 0 Å². The van der Waals surface area contributed by atoms with Gasteiger partial charge in [0.25, 0.3) is 0 Å². The van der Waals surface area contributed by atoms with Gasteiger partial charge in [0.15, 0.2) is 0 Å². The number of para-hydroxylation sites is 1. The number of fused-ring (bicyclic) bond motifs is 1. The van der Waals surface area contributed by atoms with Crippen LogP contribution in [0.3, 0.4) is 0 Å². The number of nitrogens with one attached hydrogen (secondary N) is 1. The Bertz CT molecular complexity index is 327. The number of hydrogen-bond acceptors (Lipinski definition) is 1. The number of hydrogen-bond donors (Lipinski definition) is 1. The summed E-state index contributed by atoms with van der Waals surface area (Å²) in [5.74, 6) is 0. The molecule has 3 nitrogen and oxygen atoms in total. The molecule has 0 aromatic heterocycles. The Morgan fingerprint density at radius 3 is 3.00 bits per heavy atom. The van der Waals surface area contributed by atoms with Crippen molar-refractivity contribution in [1.29, 1.82) is 0 Å². The first-order valence-electron chi connectivity index (χ1n) is 3.60. The third kappa shape index (κ3) is 1.16. The van der Waals surface area contributed by atoms with E-state index in [9.17, 15) is 4.79 Å². The lowest BCUT2D eigenvalue weighted by Crippen LogP contribution is -2.37. The Morgan fingerprint density at radius 1 is 1.42 bits per heavy atom. The number of carbonyl (C=O) groups is 1. The highest BCUT2D eigenvalue weighted by atomic mass is 127. The Balaban J connectivity index is 2.48. The zero-order valence-electron chi connectivity index (χ0n) is 6.25. The first-order valence-corrected chi connectivity index (χ1v) is 4.57. The molecule has 1 aromatic carbocycles. The minimum Gasteiger partial charge on any atom is -0.333 e. The molecule has 1 aliphatic rings. The molecule has 1 N–H and O–H groups in total. The maximum absolute atomic E-state index is 11.2. The topological polar surface area (TPSA) is 32.3 Å². The number of amides is 2. The van der Waals surface area contributed by atoms with E-state index >= 15 is 0 Å². The second-order valence-electron chi connectivity index (χ2n) is 2.57. The number of halogens is 1. The van der Waals surface area contributed by atoms with E-state index in [1.165, 1.54) is 0 Å². The molecule has 1 heterocycles. The minimum atomic E-state index is -0.0469. The van der Waals surface area contributed by atoms with Gasteiger partial charge in [-0.1, -0.05) is 18.2 Å². The van der Waals surface area contributed by atoms with E-state index in [0.29, 0.717) is 6.54 Å². The summed E-state index contributed by atoms with van der Waals surface area (Å²) in [6.45, 7) is 0.633. The Morgan fingerprint density at radius 2 is 2.17 bits per heavy atom. The monoisotopic (exact) mass is 274 g/mol. The van der Waals surface area contributed by atoms with Crippen molar-refractivity contribution in [2.75, 3.05) is 3.11 Å². The number of carbonyl (C=O) groups excluding carboxylic acids is 1. The summed E-state index contributed by atoms with van der Waals surface area (Å²) >= 11 is 2.00. The summed E-state index contributed by atoms with van der Waals surface area (Å²) in [6, 6.07) is 7.82. The van der Waals surface area contributed by atoms with Crippen molar-refractivity contribution in [3.05, 3.63) is 29.8 Å². The van der Waals surface area contributed by atoms with Crippen molar-refractivity contribution >= 4 is 34.6 Å². The highest BCUT2D eigenvalue weighted by molar-refractivity contribution is 14.1. The Labute approximate surface area is 84.2 Å². The normalized spacial score (nSPS) is 15.4. The number of nitrogens with zero attached hydrogens (tertiary/aromatic N) is 1. The van der Waals surface area contributed by atoms with E-state index in [1.807, 2.05) is 47.1 Å². The largest absolute Gasteiger partial charge is 0.333 e. The Hall–Kier alpha value is -0.780. The third-order valence-electron chi connectivity index (χ3n) is 1.81. The molecule has 1 aromatic rings. The second kappa shape index (κ2) is 2.93. The summed E-state index contributed by atoms with van der Waals surface area (Å²) in [7, 11) is 0. The zero-order chi connectivity index (χ0) is 8.55. The van der Waals surface area contributed by atoms with Crippen molar-refractivity contribution in [3.63, 3.8) is 0 Å². The summed E-state index contributed by atoms with van der Waals surface area (Å²) < 4.78 is 1.59. The summed E-state index contributed by atoms with van der Waals surface area (Å²) in [5, 5.41) is 2.77. The van der Waals surface area contributed by atoms with Gasteiger partial charge in [-0.05, 0) is 11.6 Å². The molecule has 0 atom stereocenters. The van der Waals surface area contributed by atoms with Gasteiger partial charge < -0.3 is 5.32 Å². The number of benzene rings is 1. The van der Waals surface area contributed by atoms with Gasteiger partial charge in [0.2, 0.25) is 0 Å². The SMILES string of the molecule is O=C1NCc2ccccc2N1I. The molecular formula is C8H7IN2O. The van der Waals surface area contributed by atoms with Gasteiger partial charge >= 0.3 is 6.03 Å². The maximum Gasteiger partial charge on any atom is 0.331 e. The van der Waals surface area contributed by atoms with Crippen molar-refractivity contribution in [3.8, 4) is 0 Å². The summed E-state index contributed by atoms with van der Waals surface area (Å²) in [6.07, 6.45) is 0. The first-order chi connectivity index (χ1) is 5.79. The van der Waals surface area contributed by atoms with Crippen LogP contribution in [0.5, 0.6) is 0 Å². The molecule has 62 valence electrons. The van der Waals surface area contributed by atoms with Crippen molar-refractivity contribution in [1.82, 2.24) is 5.32 Å². The number of rotatable bonds is 0. The van der Waals surface area contributed by atoms with E-state index in [4.69, 9.17) is 0 Å². The molecule has 0 spiro atoms. The van der Waals surface area contributed by atoms with Gasteiger partial charge in [0, 0.05) is 6.54 Å². The molecule has 2 amide bonds. The molecule has 4 heteroatoms. The van der Waals surface area contributed by atoms with Crippen LogP contribution in [0.25, 0.3) is 0 Å². The van der Waals surface area contributed by atoms with Crippen LogP contribution in [0.4, 0.5) is 10.5 Å². The predicted octanol–water partition coefficient (Wildman–Crippen LogP) is 2.07. The van der Waals surface area contributed by atoms with Crippen LogP contribution in [0.1, 0.15) is 5.56 Å². The summed E-state index contributed by atoms with van der Waals surface area (Å²) in [4.78, 5) is 11.2. The third-order valence-corrected chi connectivity index (χ3v) is 2.77. The van der Waals surface area contributed by atoms with Gasteiger partial charge in [-0.2, -0.15) is 0 Å². The number of anilines is 1. The number of urea groups is 1. The van der Waals surface area contributed by atoms with Crippen LogP contribution in [0.15, 0.2) is 24.3 Å². The summed E-state index contributed by atoms with van der Waals surface area (Å²) in [5.41, 5.74) is 2.15. The lowest BCUT2D eigenvalue weighted by Gasteiger charge is -2.23. The molecule has 1 aliphatic heterocycles. The highest BCUT2D eigenvalue weighted by Gasteiger charge is 2.20. The Kier molecular flexibility index (Phi) is 1.92. The van der Waals surface area contributed by atoms with Crippen LogP contribution in [0.2, 0.25) is 0 Å². The minimum absolute atomic E-state index is 0.0469. The van der Waals surface area contributed by atoms with Crippen LogP contribution < -0.4 is 8.43 Å². The lowest BCUT2D eigenvalue weighted by molar-refractivity contribution is 0.249. The fourth-order valence-electron chi connectivity index (χ4n) is 1.20. The van der Waals surface area contributed by atoms with Crippen molar-refractivity contribution < 1.29 is 4.79 Å². The lowest BCUT2D eigenvalue weighted by atomic mass is 10.1. The van der Waals surface area contributed by atoms with Crippen LogP contribution in [-0.4, -0.2) is 6.03 Å². The van der Waals surface area contributed by atoms with Gasteiger partial charge in [-0.25, -0.2) is 7.91 Å². The van der Waals surface area contributed by atoms with Crippen molar-refractivity contribution in [2.24, 2.45) is 0 Å². The van der Waals surface area contributed by atoms with E-state index in [-0.39, 0.29) is 6.03 Å². The van der Waals surface area contributed by atoms with Crippen LogP contribution in [0, 0.1) is 0 Å². The van der Waals surface area contributed by atoms with E-state index in [1.54, 1.807) is 3.11 Å². The average molecular weight is 274 g/mol. The molecule has 0 aliphatic carbocycles. The standard InChI is InChI=1S/C8H7IN2O/c9-11-7-4-2-1-3-6(7)5-10-8(11)12/h1-4H,5H2,(H,10,12). The van der Waals surface area contributed by atoms with Gasteiger partial charge in [0.1, 0.15) is 0 Å². The quantitative estimate of drug-likeness (QED) is 0.570. The van der Waals surface area contributed by atoms with Crippen LogP contribution >= 0.6 is 22.9 Å². The molecule has 0 unspecified atom stereocenters. The van der Waals surface area contributed by atoms with Gasteiger partial charge in [0.05, 0.1) is 28.6 Å². The van der Waals surface area contributed by atoms with Crippen molar-refractivity contribution in [2.45, 2.75) is 6.54 Å². The van der Waals surface area contributed by atoms with Gasteiger partial charge in [-0.3, -0.25) is 0 Å². The molecule has 0 bridgehead atoms. The second-order valence-corrected chi connectivity index (χ2v) is 3.53. The molecule has 0 fully saturated rings. The first kappa shape index (κ1) is 7.85. The fraction of sp³-hybridized carbons (Fsp3) is 0.125. The fourth-order valence-corrected chi connectivity index (χ4v) is 1.84. The molecule has 0 saturated heterocycles. The predicted molar refractivity (Wildman–Crippen MR) is 55.2 cm³/mol. The van der Waals surface area contributed by atoms with E-state index in [0.717, 1.165) is 11.3 Å². The molecular weight excluding hydrogens is 267 g/mol. The smallest absolute Gasteiger partial charge is 0.331 e. The average Bonchev–Trinajstić information content (AvgIpc) is 2.12. The molecule has 2 rings (SSSR count). The molecule has 0 radical (unpaired) electrons. The van der Waals surface area contributed by atoms with Gasteiger partial charge in [-0.15, -0.1) is 0 Å². The zero-order valence-corrected chi connectivity index (χ0v) is 8.41. The highest BCUT2D eigenvalue weighted by Crippen LogP contribution is 2.26. The molecule has 12 heavy (non-hydrogen) atoms. The van der Waals surface area contributed by atoms with E-state index in [2.05, 4.69) is 5.32 Å².